The number of nitrogens with zero attached hydrogens (tertiary/aromatic N) is 3. The number of hydrogen-bond acceptors (Lipinski definition) is 3. The number of H-pyrrole nitrogens is 1. The van der Waals surface area contributed by atoms with Gasteiger partial charge >= 0.3 is 0 Å². The summed E-state index contributed by atoms with van der Waals surface area (Å²) in [6.45, 7) is 0.893. The van der Waals surface area contributed by atoms with Gasteiger partial charge in [-0.15, -0.1) is 0 Å². The topological polar surface area (TPSA) is 58.5 Å². The van der Waals surface area contributed by atoms with Gasteiger partial charge in [0.1, 0.15) is 5.82 Å². The summed E-state index contributed by atoms with van der Waals surface area (Å²) >= 11 is 0. The SMILES string of the molecule is Cn1cc(-c2cnc(C3Cc4ccccc4CN3)[nH]2)cn1. The fourth-order valence-electron chi connectivity index (χ4n) is 2.87. The maximum absolute atomic E-state index is 4.54. The van der Waals surface area contributed by atoms with Crippen LogP contribution in [0.25, 0.3) is 11.3 Å². The lowest BCUT2D eigenvalue weighted by atomic mass is 9.96. The highest BCUT2D eigenvalue weighted by atomic mass is 15.2. The third-order valence-corrected chi connectivity index (χ3v) is 4.02. The lowest BCUT2D eigenvalue weighted by molar-refractivity contribution is 0.480. The largest absolute Gasteiger partial charge is 0.341 e. The Morgan fingerprint density at radius 2 is 2.05 bits per heavy atom. The molecule has 0 aliphatic carbocycles. The van der Waals surface area contributed by atoms with Gasteiger partial charge in [0.05, 0.1) is 24.1 Å². The number of aromatic nitrogens is 4. The number of aryl methyl sites for hydroxylation is 1. The summed E-state index contributed by atoms with van der Waals surface area (Å²) in [6, 6.07) is 8.82. The molecule has 2 aromatic heterocycles. The first kappa shape index (κ1) is 12.3. The third-order valence-electron chi connectivity index (χ3n) is 4.02. The molecule has 0 radical (unpaired) electrons. The van der Waals surface area contributed by atoms with Crippen molar-refractivity contribution in [2.24, 2.45) is 7.05 Å². The quantitative estimate of drug-likeness (QED) is 0.756. The van der Waals surface area contributed by atoms with E-state index in [2.05, 4.69) is 44.6 Å². The number of benzene rings is 1. The van der Waals surface area contributed by atoms with E-state index < -0.39 is 0 Å². The number of imidazole rings is 1. The Hall–Kier alpha value is -2.40. The Bertz CT molecular complexity index is 770. The van der Waals surface area contributed by atoms with E-state index in [1.54, 1.807) is 4.68 Å². The van der Waals surface area contributed by atoms with Gasteiger partial charge in [-0.1, -0.05) is 24.3 Å². The number of fused-ring (bicyclic) bond motifs is 1. The fourth-order valence-corrected chi connectivity index (χ4v) is 2.87. The molecule has 1 atom stereocenters. The Labute approximate surface area is 123 Å². The molecular weight excluding hydrogens is 262 g/mol. The molecule has 106 valence electrons. The van der Waals surface area contributed by atoms with E-state index in [1.165, 1.54) is 11.1 Å². The highest BCUT2D eigenvalue weighted by molar-refractivity contribution is 5.56. The summed E-state index contributed by atoms with van der Waals surface area (Å²) in [5, 5.41) is 7.74. The molecular formula is C16H17N5. The van der Waals surface area contributed by atoms with Crippen molar-refractivity contribution in [3.8, 4) is 11.3 Å². The predicted octanol–water partition coefficient (Wildman–Crippen LogP) is 2.20. The molecule has 4 rings (SSSR count). The van der Waals surface area contributed by atoms with Crippen LogP contribution >= 0.6 is 0 Å². The maximum atomic E-state index is 4.54. The molecule has 1 unspecified atom stereocenters. The number of aromatic amines is 1. The van der Waals surface area contributed by atoms with Crippen molar-refractivity contribution < 1.29 is 0 Å². The highest BCUT2D eigenvalue weighted by Gasteiger charge is 2.21. The van der Waals surface area contributed by atoms with Gasteiger partial charge in [-0.25, -0.2) is 4.98 Å². The minimum Gasteiger partial charge on any atom is -0.341 e. The highest BCUT2D eigenvalue weighted by Crippen LogP contribution is 2.25. The van der Waals surface area contributed by atoms with E-state index >= 15 is 0 Å². The molecule has 0 bridgehead atoms. The second-order valence-electron chi connectivity index (χ2n) is 5.49. The molecule has 1 aliphatic rings. The maximum Gasteiger partial charge on any atom is 0.124 e. The van der Waals surface area contributed by atoms with Gasteiger partial charge in [0, 0.05) is 25.4 Å². The Morgan fingerprint density at radius 3 is 2.86 bits per heavy atom. The van der Waals surface area contributed by atoms with Gasteiger partial charge in [-0.2, -0.15) is 5.10 Å². The molecule has 0 saturated heterocycles. The van der Waals surface area contributed by atoms with Crippen LogP contribution in [0.1, 0.15) is 23.0 Å². The molecule has 0 saturated carbocycles. The van der Waals surface area contributed by atoms with Crippen LogP contribution in [0, 0.1) is 0 Å². The molecule has 5 nitrogen and oxygen atoms in total. The zero-order valence-electron chi connectivity index (χ0n) is 11.9. The molecule has 1 aliphatic heterocycles. The fraction of sp³-hybridized carbons (Fsp3) is 0.250. The van der Waals surface area contributed by atoms with Crippen LogP contribution in [-0.2, 0) is 20.0 Å². The summed E-state index contributed by atoms with van der Waals surface area (Å²) in [5.74, 6) is 0.989. The van der Waals surface area contributed by atoms with E-state index in [1.807, 2.05) is 25.6 Å². The summed E-state index contributed by atoms with van der Waals surface area (Å²) in [7, 11) is 1.92. The third kappa shape index (κ3) is 2.25. The number of rotatable bonds is 2. The summed E-state index contributed by atoms with van der Waals surface area (Å²) in [6.07, 6.45) is 6.69. The van der Waals surface area contributed by atoms with E-state index in [0.29, 0.717) is 0 Å². The zero-order chi connectivity index (χ0) is 14.2. The summed E-state index contributed by atoms with van der Waals surface area (Å²) in [5.41, 5.74) is 4.86. The molecule has 2 N–H and O–H groups in total. The van der Waals surface area contributed by atoms with Gasteiger partial charge in [0.25, 0.3) is 0 Å². The van der Waals surface area contributed by atoms with E-state index in [4.69, 9.17) is 0 Å². The molecule has 21 heavy (non-hydrogen) atoms. The predicted molar refractivity (Wildman–Crippen MR) is 80.5 cm³/mol. The van der Waals surface area contributed by atoms with Crippen molar-refractivity contribution in [3.05, 3.63) is 59.8 Å². The van der Waals surface area contributed by atoms with Crippen molar-refractivity contribution in [2.75, 3.05) is 0 Å². The molecule has 0 spiro atoms. The minimum absolute atomic E-state index is 0.241. The lowest BCUT2D eigenvalue weighted by Gasteiger charge is -2.24. The second kappa shape index (κ2) is 4.86. The Morgan fingerprint density at radius 1 is 1.19 bits per heavy atom. The minimum atomic E-state index is 0.241. The first-order chi connectivity index (χ1) is 10.3. The van der Waals surface area contributed by atoms with Crippen LogP contribution in [0.4, 0.5) is 0 Å². The zero-order valence-corrected chi connectivity index (χ0v) is 11.9. The molecule has 0 amide bonds. The van der Waals surface area contributed by atoms with Crippen LogP contribution in [0.15, 0.2) is 42.9 Å². The van der Waals surface area contributed by atoms with Gasteiger partial charge in [-0.3, -0.25) is 4.68 Å². The Kier molecular flexibility index (Phi) is 2.86. The molecule has 3 aromatic rings. The average Bonchev–Trinajstić information content (AvgIpc) is 3.15. The van der Waals surface area contributed by atoms with Crippen LogP contribution in [0.2, 0.25) is 0 Å². The number of nitrogens with one attached hydrogen (secondary N) is 2. The van der Waals surface area contributed by atoms with Crippen LogP contribution in [-0.4, -0.2) is 19.7 Å². The monoisotopic (exact) mass is 279 g/mol. The van der Waals surface area contributed by atoms with Gasteiger partial charge < -0.3 is 10.3 Å². The van der Waals surface area contributed by atoms with Crippen LogP contribution < -0.4 is 5.32 Å². The first-order valence-electron chi connectivity index (χ1n) is 7.14. The van der Waals surface area contributed by atoms with Crippen molar-refractivity contribution in [1.29, 1.82) is 0 Å². The number of hydrogen-bond donors (Lipinski definition) is 2. The molecule has 5 heteroatoms. The first-order valence-corrected chi connectivity index (χ1v) is 7.14. The Balaban J connectivity index is 1.60. The van der Waals surface area contributed by atoms with Crippen molar-refractivity contribution in [1.82, 2.24) is 25.1 Å². The van der Waals surface area contributed by atoms with E-state index in [0.717, 1.165) is 30.0 Å². The average molecular weight is 279 g/mol. The van der Waals surface area contributed by atoms with Gasteiger partial charge in [-0.05, 0) is 17.5 Å². The molecule has 0 fully saturated rings. The van der Waals surface area contributed by atoms with Gasteiger partial charge in [0.15, 0.2) is 0 Å². The normalized spacial score (nSPS) is 17.7. The summed E-state index contributed by atoms with van der Waals surface area (Å²) in [4.78, 5) is 7.96. The standard InChI is InChI=1S/C16H17N5/c1-21-10-13(8-19-21)15-9-18-16(20-15)14-6-11-4-2-3-5-12(11)7-17-14/h2-5,8-10,14,17H,6-7H2,1H3,(H,18,20). The van der Waals surface area contributed by atoms with E-state index in [9.17, 15) is 0 Å². The van der Waals surface area contributed by atoms with Gasteiger partial charge in [0.2, 0.25) is 0 Å². The van der Waals surface area contributed by atoms with Crippen LogP contribution in [0.3, 0.4) is 0 Å². The van der Waals surface area contributed by atoms with Crippen molar-refractivity contribution >= 4 is 0 Å². The summed E-state index contributed by atoms with van der Waals surface area (Å²) < 4.78 is 1.80. The van der Waals surface area contributed by atoms with Crippen LogP contribution in [0.5, 0.6) is 0 Å². The second-order valence-corrected chi connectivity index (χ2v) is 5.49. The molecule has 1 aromatic carbocycles. The van der Waals surface area contributed by atoms with Crippen molar-refractivity contribution in [3.63, 3.8) is 0 Å². The smallest absolute Gasteiger partial charge is 0.124 e. The lowest BCUT2D eigenvalue weighted by Crippen LogP contribution is -2.29. The molecule has 3 heterocycles. The van der Waals surface area contributed by atoms with Crippen molar-refractivity contribution in [2.45, 2.75) is 19.0 Å². The van der Waals surface area contributed by atoms with E-state index in [-0.39, 0.29) is 6.04 Å².